The summed E-state index contributed by atoms with van der Waals surface area (Å²) in [5.74, 6) is -0.969. The lowest BCUT2D eigenvalue weighted by atomic mass is 10.1. The molecule has 6 heteroatoms. The van der Waals surface area contributed by atoms with E-state index in [2.05, 4.69) is 4.98 Å². The Kier molecular flexibility index (Phi) is 2.50. The van der Waals surface area contributed by atoms with Crippen molar-refractivity contribution in [1.82, 2.24) is 4.98 Å². The summed E-state index contributed by atoms with van der Waals surface area (Å²) in [6.45, 7) is 0. The van der Waals surface area contributed by atoms with Crippen LogP contribution >= 0.6 is 11.6 Å². The Morgan fingerprint density at radius 3 is 2.44 bits per heavy atom. The Bertz CT molecular complexity index is 550. The van der Waals surface area contributed by atoms with Crippen LogP contribution in [0, 0.1) is 5.82 Å². The van der Waals surface area contributed by atoms with Crippen LogP contribution in [-0.4, -0.2) is 4.98 Å². The Hall–Kier alpha value is -1.36. The molecular weight excluding hydrogens is 246 g/mol. The number of pyridine rings is 1. The van der Waals surface area contributed by atoms with Gasteiger partial charge in [-0.25, -0.2) is 4.39 Å². The number of hydrogen-bond donors (Lipinski definition) is 0. The van der Waals surface area contributed by atoms with E-state index in [9.17, 15) is 17.6 Å². The predicted molar refractivity (Wildman–Crippen MR) is 51.7 cm³/mol. The normalized spacial score (nSPS) is 12.1. The highest BCUT2D eigenvalue weighted by Gasteiger charge is 2.34. The van der Waals surface area contributed by atoms with Crippen LogP contribution in [0.25, 0.3) is 10.8 Å². The van der Waals surface area contributed by atoms with Crippen molar-refractivity contribution in [2.45, 2.75) is 6.18 Å². The van der Waals surface area contributed by atoms with Gasteiger partial charge in [0, 0.05) is 23.2 Å². The van der Waals surface area contributed by atoms with Gasteiger partial charge in [0.1, 0.15) is 5.82 Å². The summed E-state index contributed by atoms with van der Waals surface area (Å²) in [4.78, 5) is 3.61. The minimum absolute atomic E-state index is 0.0276. The van der Waals surface area contributed by atoms with Crippen molar-refractivity contribution in [2.75, 3.05) is 0 Å². The van der Waals surface area contributed by atoms with Crippen LogP contribution in [0.15, 0.2) is 24.5 Å². The molecule has 0 aliphatic carbocycles. The van der Waals surface area contributed by atoms with Crippen molar-refractivity contribution >= 4 is 22.4 Å². The molecule has 0 radical (unpaired) electrons. The van der Waals surface area contributed by atoms with Crippen molar-refractivity contribution in [1.29, 1.82) is 0 Å². The lowest BCUT2D eigenvalue weighted by molar-refractivity contribution is -0.136. The molecule has 84 valence electrons. The molecule has 0 aliphatic heterocycles. The van der Waals surface area contributed by atoms with Crippen molar-refractivity contribution in [3.05, 3.63) is 40.9 Å². The zero-order valence-corrected chi connectivity index (χ0v) is 8.40. The fraction of sp³-hybridized carbons (Fsp3) is 0.100. The quantitative estimate of drug-likeness (QED) is 0.642. The van der Waals surface area contributed by atoms with E-state index in [1.165, 1.54) is 0 Å². The summed E-state index contributed by atoms with van der Waals surface area (Å²) in [7, 11) is 0. The number of alkyl halides is 3. The highest BCUT2D eigenvalue weighted by molar-refractivity contribution is 6.35. The lowest BCUT2D eigenvalue weighted by Crippen LogP contribution is -2.06. The molecule has 0 spiro atoms. The highest BCUT2D eigenvalue weighted by atomic mass is 35.5. The number of fused-ring (bicyclic) bond motifs is 1. The fourth-order valence-corrected chi connectivity index (χ4v) is 1.73. The van der Waals surface area contributed by atoms with E-state index in [0.29, 0.717) is 6.07 Å². The Labute approximate surface area is 92.7 Å². The smallest absolute Gasteiger partial charge is 0.263 e. The maximum Gasteiger partial charge on any atom is 0.417 e. The first kappa shape index (κ1) is 11.1. The van der Waals surface area contributed by atoms with Crippen molar-refractivity contribution in [2.24, 2.45) is 0 Å². The van der Waals surface area contributed by atoms with Gasteiger partial charge in [0.2, 0.25) is 0 Å². The van der Waals surface area contributed by atoms with Crippen LogP contribution in [0.4, 0.5) is 17.6 Å². The second kappa shape index (κ2) is 3.59. The molecule has 1 heterocycles. The second-order valence-electron chi connectivity index (χ2n) is 3.17. The molecule has 0 fully saturated rings. The van der Waals surface area contributed by atoms with Gasteiger partial charge in [-0.2, -0.15) is 13.2 Å². The third-order valence-electron chi connectivity index (χ3n) is 2.08. The van der Waals surface area contributed by atoms with Gasteiger partial charge in [-0.15, -0.1) is 0 Å². The predicted octanol–water partition coefficient (Wildman–Crippen LogP) is 4.05. The van der Waals surface area contributed by atoms with Crippen molar-refractivity contribution in [3.63, 3.8) is 0 Å². The molecular formula is C10H4ClF4N. The molecule has 1 nitrogen and oxygen atoms in total. The van der Waals surface area contributed by atoms with Crippen molar-refractivity contribution in [3.8, 4) is 0 Å². The summed E-state index contributed by atoms with van der Waals surface area (Å²) in [5, 5.41) is -0.352. The molecule has 1 aromatic heterocycles. The van der Waals surface area contributed by atoms with Crippen LogP contribution in [0.3, 0.4) is 0 Å². The zero-order valence-electron chi connectivity index (χ0n) is 7.65. The molecule has 0 N–H and O–H groups in total. The maximum atomic E-state index is 13.0. The lowest BCUT2D eigenvalue weighted by Gasteiger charge is -2.11. The SMILES string of the molecule is Fc1cc(C(F)(F)F)c2c(Cl)cncc2c1. The Balaban J connectivity index is 2.91. The molecule has 0 aliphatic rings. The monoisotopic (exact) mass is 249 g/mol. The van der Waals surface area contributed by atoms with Gasteiger partial charge in [0.25, 0.3) is 0 Å². The molecule has 2 aromatic rings. The number of aromatic nitrogens is 1. The van der Waals surface area contributed by atoms with E-state index >= 15 is 0 Å². The summed E-state index contributed by atoms with van der Waals surface area (Å²) >= 11 is 5.64. The zero-order chi connectivity index (χ0) is 11.9. The van der Waals surface area contributed by atoms with Gasteiger partial charge in [-0.1, -0.05) is 11.6 Å². The number of halogens is 5. The molecule has 0 unspecified atom stereocenters. The molecule has 0 amide bonds. The number of rotatable bonds is 0. The van der Waals surface area contributed by atoms with Crippen LogP contribution in [0.5, 0.6) is 0 Å². The first-order chi connectivity index (χ1) is 7.39. The van der Waals surface area contributed by atoms with E-state index in [4.69, 9.17) is 11.6 Å². The minimum Gasteiger partial charge on any atom is -0.263 e. The molecule has 1 aromatic carbocycles. The van der Waals surface area contributed by atoms with Gasteiger partial charge in [0.15, 0.2) is 0 Å². The van der Waals surface area contributed by atoms with Gasteiger partial charge in [0.05, 0.1) is 10.6 Å². The standard InChI is InChI=1S/C10H4ClF4N/c11-8-4-16-3-5-1-6(12)2-7(9(5)8)10(13,14)15/h1-4H. The number of nitrogens with zero attached hydrogens (tertiary/aromatic N) is 1. The number of hydrogen-bond acceptors (Lipinski definition) is 1. The molecule has 0 bridgehead atoms. The molecule has 0 saturated heterocycles. The summed E-state index contributed by atoms with van der Waals surface area (Å²) in [6.07, 6.45) is -2.41. The largest absolute Gasteiger partial charge is 0.417 e. The van der Waals surface area contributed by atoms with Gasteiger partial charge >= 0.3 is 6.18 Å². The third-order valence-corrected chi connectivity index (χ3v) is 2.37. The van der Waals surface area contributed by atoms with E-state index in [0.717, 1.165) is 18.5 Å². The average molecular weight is 250 g/mol. The van der Waals surface area contributed by atoms with E-state index in [-0.39, 0.29) is 15.8 Å². The summed E-state index contributed by atoms with van der Waals surface area (Å²) in [6, 6.07) is 1.39. The minimum atomic E-state index is -4.65. The molecule has 0 saturated carbocycles. The Morgan fingerprint density at radius 2 is 1.81 bits per heavy atom. The highest BCUT2D eigenvalue weighted by Crippen LogP contribution is 2.38. The first-order valence-electron chi connectivity index (χ1n) is 4.19. The van der Waals surface area contributed by atoms with Crippen LogP contribution in [0.1, 0.15) is 5.56 Å². The van der Waals surface area contributed by atoms with Crippen LogP contribution in [-0.2, 0) is 6.18 Å². The van der Waals surface area contributed by atoms with Crippen LogP contribution < -0.4 is 0 Å². The molecule has 16 heavy (non-hydrogen) atoms. The third kappa shape index (κ3) is 1.82. The van der Waals surface area contributed by atoms with E-state index in [1.807, 2.05) is 0 Å². The fourth-order valence-electron chi connectivity index (χ4n) is 1.47. The maximum absolute atomic E-state index is 13.0. The van der Waals surface area contributed by atoms with Gasteiger partial charge in [-0.3, -0.25) is 4.98 Å². The van der Waals surface area contributed by atoms with Crippen molar-refractivity contribution < 1.29 is 17.6 Å². The Morgan fingerprint density at radius 1 is 1.12 bits per heavy atom. The van der Waals surface area contributed by atoms with E-state index < -0.39 is 17.6 Å². The van der Waals surface area contributed by atoms with E-state index in [1.54, 1.807) is 0 Å². The van der Waals surface area contributed by atoms with Gasteiger partial charge in [-0.05, 0) is 12.1 Å². The molecule has 0 atom stereocenters. The average Bonchev–Trinajstić information content (AvgIpc) is 2.15. The van der Waals surface area contributed by atoms with Gasteiger partial charge < -0.3 is 0 Å². The number of benzene rings is 1. The van der Waals surface area contributed by atoms with Crippen LogP contribution in [0.2, 0.25) is 5.02 Å². The molecule has 2 rings (SSSR count). The topological polar surface area (TPSA) is 12.9 Å². The summed E-state index contributed by atoms with van der Waals surface area (Å²) in [5.41, 5.74) is -1.09. The summed E-state index contributed by atoms with van der Waals surface area (Å²) < 4.78 is 50.9. The first-order valence-corrected chi connectivity index (χ1v) is 4.57. The second-order valence-corrected chi connectivity index (χ2v) is 3.58.